The lowest BCUT2D eigenvalue weighted by atomic mass is 10.2. The molecular formula is C13H15N3O3S. The van der Waals surface area contributed by atoms with E-state index in [4.69, 9.17) is 0 Å². The molecule has 1 aliphatic heterocycles. The molecule has 0 saturated carbocycles. The first kappa shape index (κ1) is 13.1. The molecule has 1 N–H and O–H groups in total. The van der Waals surface area contributed by atoms with E-state index < -0.39 is 15.1 Å². The molecule has 1 fully saturated rings. The summed E-state index contributed by atoms with van der Waals surface area (Å²) in [5.41, 5.74) is 1.15. The second-order valence-corrected chi connectivity index (χ2v) is 7.59. The summed E-state index contributed by atoms with van der Waals surface area (Å²) in [5, 5.41) is 7.13. The largest absolute Gasteiger partial charge is 0.335 e. The van der Waals surface area contributed by atoms with Crippen LogP contribution in [0.25, 0.3) is 10.9 Å². The van der Waals surface area contributed by atoms with Crippen LogP contribution in [0.1, 0.15) is 17.4 Å². The predicted molar refractivity (Wildman–Crippen MR) is 75.2 cm³/mol. The van der Waals surface area contributed by atoms with E-state index in [-0.39, 0.29) is 24.7 Å². The lowest BCUT2D eigenvalue weighted by Crippen LogP contribution is -2.48. The molecule has 1 saturated heterocycles. The molecule has 2 aromatic rings. The van der Waals surface area contributed by atoms with Crippen LogP contribution in [-0.4, -0.2) is 53.5 Å². The van der Waals surface area contributed by atoms with Gasteiger partial charge in [-0.15, -0.1) is 0 Å². The highest BCUT2D eigenvalue weighted by molar-refractivity contribution is 7.92. The molecule has 0 bridgehead atoms. The van der Waals surface area contributed by atoms with E-state index in [0.717, 1.165) is 10.9 Å². The van der Waals surface area contributed by atoms with Crippen molar-refractivity contribution >= 4 is 26.6 Å². The number of benzene rings is 1. The van der Waals surface area contributed by atoms with Gasteiger partial charge >= 0.3 is 0 Å². The Morgan fingerprint density at radius 2 is 2.15 bits per heavy atom. The van der Waals surface area contributed by atoms with Crippen LogP contribution in [0.5, 0.6) is 0 Å². The van der Waals surface area contributed by atoms with Crippen LogP contribution < -0.4 is 0 Å². The van der Waals surface area contributed by atoms with Gasteiger partial charge in [-0.3, -0.25) is 9.89 Å². The van der Waals surface area contributed by atoms with Crippen molar-refractivity contribution in [3.8, 4) is 0 Å². The van der Waals surface area contributed by atoms with Crippen LogP contribution >= 0.6 is 0 Å². The molecular weight excluding hydrogens is 278 g/mol. The number of nitrogens with one attached hydrogen (secondary N) is 1. The van der Waals surface area contributed by atoms with E-state index in [1.807, 2.05) is 24.3 Å². The monoisotopic (exact) mass is 293 g/mol. The van der Waals surface area contributed by atoms with Gasteiger partial charge in [0, 0.05) is 18.5 Å². The number of hydrogen-bond acceptors (Lipinski definition) is 4. The van der Waals surface area contributed by atoms with Crippen molar-refractivity contribution in [3.63, 3.8) is 0 Å². The third-order valence-corrected chi connectivity index (χ3v) is 5.82. The van der Waals surface area contributed by atoms with Gasteiger partial charge in [0.1, 0.15) is 0 Å². The lowest BCUT2D eigenvalue weighted by Gasteiger charge is -2.30. The Hall–Kier alpha value is -1.89. The first-order valence-corrected chi connectivity index (χ1v) is 8.14. The average molecular weight is 293 g/mol. The molecule has 7 heteroatoms. The SMILES string of the molecule is CC1CN(C(=O)c2n[nH]c3ccccc23)CCS1(=O)=O. The molecule has 20 heavy (non-hydrogen) atoms. The number of amides is 1. The fraction of sp³-hybridized carbons (Fsp3) is 0.385. The van der Waals surface area contributed by atoms with E-state index >= 15 is 0 Å². The normalized spacial score (nSPS) is 22.1. The maximum absolute atomic E-state index is 12.5. The van der Waals surface area contributed by atoms with Crippen molar-refractivity contribution < 1.29 is 13.2 Å². The van der Waals surface area contributed by atoms with Crippen molar-refractivity contribution in [1.82, 2.24) is 15.1 Å². The molecule has 0 radical (unpaired) electrons. The zero-order valence-electron chi connectivity index (χ0n) is 11.0. The van der Waals surface area contributed by atoms with Gasteiger partial charge < -0.3 is 4.90 Å². The second kappa shape index (κ2) is 4.59. The fourth-order valence-electron chi connectivity index (χ4n) is 2.41. The Morgan fingerprint density at radius 3 is 2.90 bits per heavy atom. The Balaban J connectivity index is 1.90. The molecule has 1 atom stereocenters. The summed E-state index contributed by atoms with van der Waals surface area (Å²) in [6.07, 6.45) is 0. The minimum atomic E-state index is -3.06. The third kappa shape index (κ3) is 2.07. The van der Waals surface area contributed by atoms with Crippen LogP contribution in [-0.2, 0) is 9.84 Å². The lowest BCUT2D eigenvalue weighted by molar-refractivity contribution is 0.0756. The quantitative estimate of drug-likeness (QED) is 0.844. The van der Waals surface area contributed by atoms with E-state index in [9.17, 15) is 13.2 Å². The zero-order chi connectivity index (χ0) is 14.3. The summed E-state index contributed by atoms with van der Waals surface area (Å²) in [6, 6.07) is 7.39. The van der Waals surface area contributed by atoms with Crippen molar-refractivity contribution in [1.29, 1.82) is 0 Å². The standard InChI is InChI=1S/C13H15N3O3S/c1-9-8-16(6-7-20(9,18)19)13(17)12-10-4-2-3-5-11(10)14-15-12/h2-5,9H,6-8H2,1H3,(H,14,15). The van der Waals surface area contributed by atoms with Gasteiger partial charge in [-0.05, 0) is 13.0 Å². The summed E-state index contributed by atoms with van der Waals surface area (Å²) in [5.74, 6) is -0.202. The maximum Gasteiger partial charge on any atom is 0.275 e. The third-order valence-electron chi connectivity index (χ3n) is 3.70. The maximum atomic E-state index is 12.5. The number of sulfone groups is 1. The topological polar surface area (TPSA) is 83.1 Å². The first-order valence-electron chi connectivity index (χ1n) is 6.43. The number of para-hydroxylation sites is 1. The van der Waals surface area contributed by atoms with Gasteiger partial charge in [0.15, 0.2) is 15.5 Å². The zero-order valence-corrected chi connectivity index (χ0v) is 11.9. The number of fused-ring (bicyclic) bond motifs is 1. The second-order valence-electron chi connectivity index (χ2n) is 5.05. The van der Waals surface area contributed by atoms with Gasteiger partial charge in [-0.2, -0.15) is 5.10 Å². The van der Waals surface area contributed by atoms with Crippen LogP contribution in [0.2, 0.25) is 0 Å². The van der Waals surface area contributed by atoms with Crippen LogP contribution in [0.15, 0.2) is 24.3 Å². The van der Waals surface area contributed by atoms with Crippen molar-refractivity contribution in [2.75, 3.05) is 18.8 Å². The van der Waals surface area contributed by atoms with Crippen molar-refractivity contribution in [3.05, 3.63) is 30.0 Å². The summed E-state index contributed by atoms with van der Waals surface area (Å²) >= 11 is 0. The van der Waals surface area contributed by atoms with Crippen molar-refractivity contribution in [2.24, 2.45) is 0 Å². The molecule has 1 aliphatic rings. The van der Waals surface area contributed by atoms with E-state index in [2.05, 4.69) is 10.2 Å². The number of carbonyl (C=O) groups is 1. The molecule has 1 aromatic heterocycles. The van der Waals surface area contributed by atoms with Gasteiger partial charge in [-0.25, -0.2) is 8.42 Å². The molecule has 0 spiro atoms. The molecule has 1 amide bonds. The van der Waals surface area contributed by atoms with Crippen LogP contribution in [0, 0.1) is 0 Å². The number of carbonyl (C=O) groups excluding carboxylic acids is 1. The number of rotatable bonds is 1. The van der Waals surface area contributed by atoms with Gasteiger partial charge in [-0.1, -0.05) is 18.2 Å². The predicted octanol–water partition coefficient (Wildman–Crippen LogP) is 0.822. The Kier molecular flexibility index (Phi) is 3.01. The highest BCUT2D eigenvalue weighted by Gasteiger charge is 2.33. The smallest absolute Gasteiger partial charge is 0.275 e. The van der Waals surface area contributed by atoms with E-state index in [1.165, 1.54) is 0 Å². The van der Waals surface area contributed by atoms with E-state index in [1.54, 1.807) is 11.8 Å². The summed E-state index contributed by atoms with van der Waals surface area (Å²) in [4.78, 5) is 14.0. The molecule has 1 unspecified atom stereocenters. The Bertz CT molecular complexity index is 766. The average Bonchev–Trinajstić information content (AvgIpc) is 2.85. The highest BCUT2D eigenvalue weighted by atomic mass is 32.2. The number of H-pyrrole nitrogens is 1. The van der Waals surface area contributed by atoms with Gasteiger partial charge in [0.05, 0.1) is 16.5 Å². The summed E-state index contributed by atoms with van der Waals surface area (Å²) in [6.45, 7) is 2.09. The Morgan fingerprint density at radius 1 is 1.40 bits per heavy atom. The molecule has 2 heterocycles. The summed E-state index contributed by atoms with van der Waals surface area (Å²) in [7, 11) is -3.06. The molecule has 6 nitrogen and oxygen atoms in total. The fourth-order valence-corrected chi connectivity index (χ4v) is 3.70. The minimum Gasteiger partial charge on any atom is -0.335 e. The van der Waals surface area contributed by atoms with Gasteiger partial charge in [0.2, 0.25) is 0 Å². The molecule has 0 aliphatic carbocycles. The number of aromatic nitrogens is 2. The number of nitrogens with zero attached hydrogens (tertiary/aromatic N) is 2. The van der Waals surface area contributed by atoms with Crippen molar-refractivity contribution in [2.45, 2.75) is 12.2 Å². The Labute approximate surface area is 116 Å². The van der Waals surface area contributed by atoms with E-state index in [0.29, 0.717) is 5.69 Å². The minimum absolute atomic E-state index is 0.0161. The first-order chi connectivity index (χ1) is 9.49. The number of hydrogen-bond donors (Lipinski definition) is 1. The van der Waals surface area contributed by atoms with Crippen LogP contribution in [0.3, 0.4) is 0 Å². The molecule has 3 rings (SSSR count). The molecule has 106 valence electrons. The highest BCUT2D eigenvalue weighted by Crippen LogP contribution is 2.19. The molecule has 1 aromatic carbocycles. The number of aromatic amines is 1. The van der Waals surface area contributed by atoms with Crippen LogP contribution in [0.4, 0.5) is 0 Å². The summed E-state index contributed by atoms with van der Waals surface area (Å²) < 4.78 is 23.4. The van der Waals surface area contributed by atoms with Gasteiger partial charge in [0.25, 0.3) is 5.91 Å².